The molecule has 0 aromatic rings. The normalized spacial score (nSPS) is 16.3. The first-order chi connectivity index (χ1) is 5.16. The number of hydrogen-bond acceptors (Lipinski definition) is 2. The van der Waals surface area contributed by atoms with Crippen LogP contribution >= 0.6 is 15.9 Å². The Morgan fingerprint density at radius 3 is 2.64 bits per heavy atom. The Labute approximate surface area is 79.2 Å². The summed E-state index contributed by atoms with van der Waals surface area (Å²) in [5.41, 5.74) is 0. The number of unbranched alkanes of at least 4 members (excludes halogenated alkanes) is 2. The van der Waals surface area contributed by atoms with Crippen molar-refractivity contribution in [1.82, 2.24) is 0 Å². The molecule has 0 aliphatic carbocycles. The third-order valence-electron chi connectivity index (χ3n) is 1.44. The van der Waals surface area contributed by atoms with E-state index in [1.165, 1.54) is 12.8 Å². The highest BCUT2D eigenvalue weighted by Crippen LogP contribution is 2.11. The zero-order valence-electron chi connectivity index (χ0n) is 6.72. The summed E-state index contributed by atoms with van der Waals surface area (Å²) in [6.45, 7) is 2.13. The summed E-state index contributed by atoms with van der Waals surface area (Å²) in [6.07, 6.45) is 4.44. The van der Waals surface area contributed by atoms with Gasteiger partial charge in [0.25, 0.3) is 0 Å². The molecule has 2 nitrogen and oxygen atoms in total. The van der Waals surface area contributed by atoms with Crippen LogP contribution in [-0.4, -0.2) is 19.3 Å². The van der Waals surface area contributed by atoms with Gasteiger partial charge < -0.3 is 4.55 Å². The van der Waals surface area contributed by atoms with Crippen LogP contribution < -0.4 is 0 Å². The van der Waals surface area contributed by atoms with Crippen LogP contribution in [-0.2, 0) is 11.1 Å². The zero-order valence-corrected chi connectivity index (χ0v) is 9.12. The highest BCUT2D eigenvalue weighted by Gasteiger charge is 2.02. The topological polar surface area (TPSA) is 40.1 Å². The lowest BCUT2D eigenvalue weighted by Crippen LogP contribution is -2.09. The lowest BCUT2D eigenvalue weighted by Gasteiger charge is -2.10. The van der Waals surface area contributed by atoms with Gasteiger partial charge in [-0.05, 0) is 6.42 Å². The predicted octanol–water partition coefficient (Wildman–Crippen LogP) is 2.21. The minimum Gasteiger partial charge on any atom is -0.772 e. The summed E-state index contributed by atoms with van der Waals surface area (Å²) in [5, 5.41) is 0. The maximum Gasteiger partial charge on any atom is 0.0250 e. The molecule has 0 aromatic heterocycles. The van der Waals surface area contributed by atoms with E-state index in [2.05, 4.69) is 22.9 Å². The lowest BCUT2D eigenvalue weighted by atomic mass is 10.2. The van der Waals surface area contributed by atoms with Crippen LogP contribution in [0.4, 0.5) is 0 Å². The molecule has 0 fully saturated rings. The molecule has 4 heteroatoms. The molecule has 2 unspecified atom stereocenters. The average Bonchev–Trinajstić information content (AvgIpc) is 1.86. The van der Waals surface area contributed by atoms with E-state index < -0.39 is 11.1 Å². The first-order valence-electron chi connectivity index (χ1n) is 3.86. The molecular weight excluding hydrogens is 228 g/mol. The van der Waals surface area contributed by atoms with E-state index in [1.54, 1.807) is 0 Å². The molecule has 0 aliphatic rings. The van der Waals surface area contributed by atoms with Crippen LogP contribution in [0.25, 0.3) is 0 Å². The van der Waals surface area contributed by atoms with Gasteiger partial charge in [-0.1, -0.05) is 53.2 Å². The first kappa shape index (κ1) is 11.6. The predicted molar refractivity (Wildman–Crippen MR) is 50.6 cm³/mol. The average molecular weight is 242 g/mol. The Morgan fingerprint density at radius 2 is 2.18 bits per heavy atom. The second kappa shape index (κ2) is 7.25. The van der Waals surface area contributed by atoms with Gasteiger partial charge >= 0.3 is 0 Å². The minimum absolute atomic E-state index is 0.146. The van der Waals surface area contributed by atoms with Crippen molar-refractivity contribution < 1.29 is 8.76 Å². The van der Waals surface area contributed by atoms with E-state index in [0.717, 1.165) is 12.8 Å². The van der Waals surface area contributed by atoms with Crippen LogP contribution in [0.2, 0.25) is 0 Å². The first-order valence-corrected chi connectivity index (χ1v) is 6.02. The van der Waals surface area contributed by atoms with Gasteiger partial charge in [0.05, 0.1) is 0 Å². The number of alkyl halides is 1. The van der Waals surface area contributed by atoms with Crippen molar-refractivity contribution in [2.24, 2.45) is 0 Å². The molecule has 0 heterocycles. The summed E-state index contributed by atoms with van der Waals surface area (Å²) in [6, 6.07) is 0. The Bertz CT molecular complexity index is 119. The smallest absolute Gasteiger partial charge is 0.0250 e. The zero-order chi connectivity index (χ0) is 8.69. The Kier molecular flexibility index (Phi) is 7.64. The highest BCUT2D eigenvalue weighted by atomic mass is 79.9. The molecule has 2 atom stereocenters. The van der Waals surface area contributed by atoms with Gasteiger partial charge in [0.1, 0.15) is 0 Å². The molecule has 0 saturated heterocycles. The van der Waals surface area contributed by atoms with Crippen LogP contribution in [0, 0.1) is 0 Å². The highest BCUT2D eigenvalue weighted by molar-refractivity contribution is 9.09. The van der Waals surface area contributed by atoms with Crippen molar-refractivity contribution in [2.45, 2.75) is 37.4 Å². The molecule has 0 aromatic carbocycles. The number of hydrogen-bond donors (Lipinski definition) is 0. The fourth-order valence-electron chi connectivity index (χ4n) is 0.847. The van der Waals surface area contributed by atoms with Gasteiger partial charge in [-0.3, -0.25) is 4.21 Å². The molecule has 0 rings (SSSR count). The largest absolute Gasteiger partial charge is 0.772 e. The van der Waals surface area contributed by atoms with Gasteiger partial charge in [-0.25, -0.2) is 0 Å². The van der Waals surface area contributed by atoms with Gasteiger partial charge in [0, 0.05) is 10.6 Å². The molecule has 0 amide bonds. The van der Waals surface area contributed by atoms with Crippen molar-refractivity contribution in [3.8, 4) is 0 Å². The molecule has 0 spiro atoms. The second-order valence-electron chi connectivity index (χ2n) is 2.56. The summed E-state index contributed by atoms with van der Waals surface area (Å²) < 4.78 is 20.4. The van der Waals surface area contributed by atoms with Crippen molar-refractivity contribution >= 4 is 27.0 Å². The van der Waals surface area contributed by atoms with E-state index >= 15 is 0 Å². The van der Waals surface area contributed by atoms with Crippen molar-refractivity contribution in [3.63, 3.8) is 0 Å². The van der Waals surface area contributed by atoms with E-state index in [1.807, 2.05) is 0 Å². The monoisotopic (exact) mass is 241 g/mol. The number of rotatable bonds is 6. The SMILES string of the molecule is CCCCCC(Br)CS(=O)[O-]. The summed E-state index contributed by atoms with van der Waals surface area (Å²) in [5.74, 6) is 0.240. The molecule has 0 saturated carbocycles. The molecule has 11 heavy (non-hydrogen) atoms. The van der Waals surface area contributed by atoms with E-state index in [9.17, 15) is 8.76 Å². The van der Waals surface area contributed by atoms with Crippen LogP contribution in [0.1, 0.15) is 32.6 Å². The van der Waals surface area contributed by atoms with E-state index in [-0.39, 0.29) is 10.6 Å². The molecule has 68 valence electrons. The minimum atomic E-state index is -1.90. The van der Waals surface area contributed by atoms with Crippen LogP contribution in [0.3, 0.4) is 0 Å². The van der Waals surface area contributed by atoms with E-state index in [0.29, 0.717) is 0 Å². The van der Waals surface area contributed by atoms with Crippen LogP contribution in [0.15, 0.2) is 0 Å². The third-order valence-corrected chi connectivity index (χ3v) is 3.32. The molecule has 0 aliphatic heterocycles. The molecule has 0 radical (unpaired) electrons. The number of halogens is 1. The summed E-state index contributed by atoms with van der Waals surface area (Å²) >= 11 is 1.42. The van der Waals surface area contributed by atoms with Gasteiger partial charge in [-0.15, -0.1) is 0 Å². The maximum atomic E-state index is 10.2. The van der Waals surface area contributed by atoms with Gasteiger partial charge in [0.2, 0.25) is 0 Å². The van der Waals surface area contributed by atoms with Gasteiger partial charge in [0.15, 0.2) is 0 Å². The summed E-state index contributed by atoms with van der Waals surface area (Å²) in [7, 11) is 0. The van der Waals surface area contributed by atoms with Crippen molar-refractivity contribution in [2.75, 3.05) is 5.75 Å². The fraction of sp³-hybridized carbons (Fsp3) is 1.00. The molecule has 0 N–H and O–H groups in total. The Morgan fingerprint density at radius 1 is 1.55 bits per heavy atom. The molecular formula is C7H14BrO2S-. The third kappa shape index (κ3) is 8.50. The standard InChI is InChI=1S/C7H15BrO2S/c1-2-3-4-5-7(8)6-11(9)10/h7H,2-6H2,1H3,(H,9,10)/p-1. The lowest BCUT2D eigenvalue weighted by molar-refractivity contribution is 0.533. The molecule has 0 bridgehead atoms. The Balaban J connectivity index is 3.22. The quantitative estimate of drug-likeness (QED) is 0.407. The van der Waals surface area contributed by atoms with Crippen molar-refractivity contribution in [3.05, 3.63) is 0 Å². The van der Waals surface area contributed by atoms with Crippen molar-refractivity contribution in [1.29, 1.82) is 0 Å². The second-order valence-corrected chi connectivity index (χ2v) is 4.80. The fourth-order valence-corrected chi connectivity index (χ4v) is 2.28. The maximum absolute atomic E-state index is 10.2. The van der Waals surface area contributed by atoms with E-state index in [4.69, 9.17) is 0 Å². The van der Waals surface area contributed by atoms with Gasteiger partial charge in [-0.2, -0.15) is 0 Å². The summed E-state index contributed by atoms with van der Waals surface area (Å²) in [4.78, 5) is 0.146. The Hall–Kier alpha value is 0.590. The van der Waals surface area contributed by atoms with Crippen LogP contribution in [0.5, 0.6) is 0 Å².